The summed E-state index contributed by atoms with van der Waals surface area (Å²) >= 11 is 0. The van der Waals surface area contributed by atoms with Crippen molar-refractivity contribution in [3.05, 3.63) is 76.3 Å². The Balaban J connectivity index is 1.62. The molecule has 0 amide bonds. The number of ether oxygens (including phenoxy) is 6. The minimum atomic E-state index is -1.39. The van der Waals surface area contributed by atoms with E-state index in [0.717, 1.165) is 0 Å². The Kier molecular flexibility index (Phi) is 5.47. The topological polar surface area (TPSA) is 110 Å². The second kappa shape index (κ2) is 8.52. The highest BCUT2D eigenvalue weighted by Gasteiger charge is 2.60. The zero-order chi connectivity index (χ0) is 26.8. The molecule has 38 heavy (non-hydrogen) atoms. The van der Waals surface area contributed by atoms with Crippen molar-refractivity contribution in [1.29, 1.82) is 0 Å². The van der Waals surface area contributed by atoms with Crippen LogP contribution in [0.5, 0.6) is 17.2 Å². The summed E-state index contributed by atoms with van der Waals surface area (Å²) in [5.41, 5.74) is -0.719. The van der Waals surface area contributed by atoms with Crippen LogP contribution in [0.1, 0.15) is 47.9 Å². The molecule has 1 N–H and O–H groups in total. The number of benzene rings is 2. The number of carbonyl (C=O) groups is 2. The summed E-state index contributed by atoms with van der Waals surface area (Å²) in [7, 11) is 2.87. The molecule has 2 aliphatic carbocycles. The Bertz CT molecular complexity index is 1400. The second-order valence-electron chi connectivity index (χ2n) is 10.2. The van der Waals surface area contributed by atoms with Gasteiger partial charge in [-0.25, -0.2) is 4.79 Å². The van der Waals surface area contributed by atoms with Crippen molar-refractivity contribution in [2.24, 2.45) is 5.92 Å². The number of hydrogen-bond acceptors (Lipinski definition) is 9. The van der Waals surface area contributed by atoms with Crippen LogP contribution < -0.4 is 14.2 Å². The lowest BCUT2D eigenvalue weighted by Crippen LogP contribution is -2.50. The second-order valence-corrected chi connectivity index (χ2v) is 10.2. The highest BCUT2D eigenvalue weighted by Crippen LogP contribution is 2.61. The van der Waals surface area contributed by atoms with Crippen LogP contribution in [0.2, 0.25) is 0 Å². The standard InChI is InChI=1S/C29H28O9/c1-15-22(38-27(31)16-8-6-5-7-9-16)18-11-20-23(37-14-36-20)25-21(18)29(13-35-25)17(12-28(15,2)32)10-19(33-3)24(34-4)26(29)30/h5-11,15,22,32H,12-14H2,1-4H3/t15-,22+,28+,29-/m0/s1. The Morgan fingerprint density at radius 2 is 1.84 bits per heavy atom. The molecule has 0 saturated carbocycles. The zero-order valence-corrected chi connectivity index (χ0v) is 21.5. The molecule has 1 spiro atoms. The molecular formula is C29H28O9. The molecule has 9 heteroatoms. The van der Waals surface area contributed by atoms with Gasteiger partial charge in [-0.2, -0.15) is 0 Å². The van der Waals surface area contributed by atoms with E-state index < -0.39 is 29.0 Å². The molecule has 198 valence electrons. The number of methoxy groups -OCH3 is 2. The first kappa shape index (κ1) is 24.4. The smallest absolute Gasteiger partial charge is 0.338 e. The molecule has 2 aromatic carbocycles. The third-order valence-corrected chi connectivity index (χ3v) is 8.14. The Morgan fingerprint density at radius 1 is 1.08 bits per heavy atom. The fourth-order valence-electron chi connectivity index (χ4n) is 5.93. The number of rotatable bonds is 4. The van der Waals surface area contributed by atoms with E-state index in [-0.39, 0.29) is 37.1 Å². The highest BCUT2D eigenvalue weighted by atomic mass is 16.7. The van der Waals surface area contributed by atoms with Gasteiger partial charge in [0.05, 0.1) is 25.4 Å². The monoisotopic (exact) mass is 520 g/mol. The molecule has 9 nitrogen and oxygen atoms in total. The van der Waals surface area contributed by atoms with Crippen LogP contribution in [-0.4, -0.2) is 50.1 Å². The van der Waals surface area contributed by atoms with E-state index in [9.17, 15) is 14.7 Å². The Morgan fingerprint density at radius 3 is 2.55 bits per heavy atom. The lowest BCUT2D eigenvalue weighted by atomic mass is 9.61. The average Bonchev–Trinajstić information content (AvgIpc) is 3.54. The predicted octanol–water partition coefficient (Wildman–Crippen LogP) is 3.75. The number of Topliss-reactive ketones (excluding diaryl/α,β-unsaturated/α-hetero) is 1. The van der Waals surface area contributed by atoms with Gasteiger partial charge in [-0.15, -0.1) is 0 Å². The van der Waals surface area contributed by atoms with Gasteiger partial charge in [-0.3, -0.25) is 4.79 Å². The molecular weight excluding hydrogens is 492 g/mol. The third-order valence-electron chi connectivity index (χ3n) is 8.14. The maximum Gasteiger partial charge on any atom is 0.338 e. The number of hydrogen-bond donors (Lipinski definition) is 1. The summed E-state index contributed by atoms with van der Waals surface area (Å²) in [6.45, 7) is 3.43. The zero-order valence-electron chi connectivity index (χ0n) is 21.5. The van der Waals surface area contributed by atoms with Crippen molar-refractivity contribution in [3.8, 4) is 17.2 Å². The summed E-state index contributed by atoms with van der Waals surface area (Å²) in [4.78, 5) is 27.6. The minimum absolute atomic E-state index is 0.0169. The van der Waals surface area contributed by atoms with Crippen LogP contribution in [0.15, 0.2) is 59.6 Å². The molecule has 0 fully saturated rings. The summed E-state index contributed by atoms with van der Waals surface area (Å²) < 4.78 is 34.8. The van der Waals surface area contributed by atoms with E-state index in [4.69, 9.17) is 28.4 Å². The average molecular weight is 521 g/mol. The van der Waals surface area contributed by atoms with Crippen molar-refractivity contribution in [2.75, 3.05) is 27.6 Å². The fourth-order valence-corrected chi connectivity index (χ4v) is 5.93. The van der Waals surface area contributed by atoms with Crippen LogP contribution in [-0.2, 0) is 24.4 Å². The van der Waals surface area contributed by atoms with E-state index in [1.54, 1.807) is 43.3 Å². The molecule has 0 bridgehead atoms. The van der Waals surface area contributed by atoms with Gasteiger partial charge in [0.25, 0.3) is 0 Å². The molecule has 4 aliphatic rings. The Hall–Kier alpha value is -3.98. The van der Waals surface area contributed by atoms with Gasteiger partial charge in [0.2, 0.25) is 24.1 Å². The third kappa shape index (κ3) is 3.27. The van der Waals surface area contributed by atoms with Crippen molar-refractivity contribution in [2.45, 2.75) is 37.4 Å². The van der Waals surface area contributed by atoms with Gasteiger partial charge in [-0.1, -0.05) is 25.1 Å². The van der Waals surface area contributed by atoms with Gasteiger partial charge in [0.1, 0.15) is 18.1 Å². The van der Waals surface area contributed by atoms with E-state index in [1.807, 2.05) is 13.0 Å². The van der Waals surface area contributed by atoms with Gasteiger partial charge in [0.15, 0.2) is 17.3 Å². The Labute approximate surface area is 219 Å². The van der Waals surface area contributed by atoms with Crippen LogP contribution in [0.25, 0.3) is 0 Å². The quantitative estimate of drug-likeness (QED) is 0.603. The van der Waals surface area contributed by atoms with Crippen LogP contribution in [0.4, 0.5) is 0 Å². The molecule has 0 aromatic heterocycles. The number of aliphatic hydroxyl groups is 1. The molecule has 2 aliphatic heterocycles. The summed E-state index contributed by atoms with van der Waals surface area (Å²) in [5, 5.41) is 11.8. The number of esters is 1. The molecule has 2 aromatic rings. The number of fused-ring (bicyclic) bond motifs is 2. The van der Waals surface area contributed by atoms with E-state index in [1.165, 1.54) is 14.2 Å². The first-order valence-electron chi connectivity index (χ1n) is 12.4. The normalized spacial score (nSPS) is 28.9. The summed E-state index contributed by atoms with van der Waals surface area (Å²) in [6.07, 6.45) is 0.900. The van der Waals surface area contributed by atoms with E-state index >= 15 is 0 Å². The molecule has 0 saturated heterocycles. The first-order chi connectivity index (χ1) is 18.2. The van der Waals surface area contributed by atoms with E-state index in [2.05, 4.69) is 0 Å². The van der Waals surface area contributed by atoms with Crippen molar-refractivity contribution < 1.29 is 43.1 Å². The number of carbonyl (C=O) groups excluding carboxylic acids is 2. The van der Waals surface area contributed by atoms with Gasteiger partial charge < -0.3 is 33.5 Å². The van der Waals surface area contributed by atoms with Crippen molar-refractivity contribution in [1.82, 2.24) is 0 Å². The molecule has 2 heterocycles. The largest absolute Gasteiger partial charge is 0.493 e. The maximum absolute atomic E-state index is 14.3. The van der Waals surface area contributed by atoms with Gasteiger partial charge >= 0.3 is 5.97 Å². The molecule has 0 unspecified atom stereocenters. The highest BCUT2D eigenvalue weighted by molar-refractivity contribution is 6.08. The number of allylic oxidation sites excluding steroid dienone is 2. The lowest BCUT2D eigenvalue weighted by Gasteiger charge is -2.44. The summed E-state index contributed by atoms with van der Waals surface area (Å²) in [6, 6.07) is 10.4. The van der Waals surface area contributed by atoms with Crippen LogP contribution >= 0.6 is 0 Å². The van der Waals surface area contributed by atoms with E-state index in [0.29, 0.717) is 39.5 Å². The molecule has 6 rings (SSSR count). The summed E-state index contributed by atoms with van der Waals surface area (Å²) in [5.74, 6) is -0.0329. The van der Waals surface area contributed by atoms with Crippen LogP contribution in [0.3, 0.4) is 0 Å². The van der Waals surface area contributed by atoms with Crippen molar-refractivity contribution >= 4 is 11.8 Å². The van der Waals surface area contributed by atoms with Gasteiger partial charge in [-0.05, 0) is 43.2 Å². The predicted molar refractivity (Wildman–Crippen MR) is 133 cm³/mol. The molecule has 0 radical (unpaired) electrons. The minimum Gasteiger partial charge on any atom is -0.493 e. The van der Waals surface area contributed by atoms with Gasteiger partial charge in [0, 0.05) is 17.0 Å². The SMILES string of the molecule is COC1=C(OC)C(=O)[C@]23COc4c5c(cc(c42)[C@H](OC(=O)c2ccccc2)[C@H](C)[C@](C)(O)CC3=C1)OCO5. The lowest BCUT2D eigenvalue weighted by molar-refractivity contribution is -0.124. The van der Waals surface area contributed by atoms with Crippen LogP contribution in [0, 0.1) is 5.92 Å². The first-order valence-corrected chi connectivity index (χ1v) is 12.4. The fraction of sp³-hybridized carbons (Fsp3) is 0.379. The molecule has 4 atom stereocenters. The van der Waals surface area contributed by atoms with Crippen molar-refractivity contribution in [3.63, 3.8) is 0 Å². The maximum atomic E-state index is 14.3. The number of ketones is 1.